The van der Waals surface area contributed by atoms with Crippen molar-refractivity contribution in [3.8, 4) is 5.75 Å². The molecule has 0 aromatic heterocycles. The second-order valence-corrected chi connectivity index (χ2v) is 5.39. The van der Waals surface area contributed by atoms with Gasteiger partial charge in [-0.2, -0.15) is 0 Å². The third-order valence-electron chi connectivity index (χ3n) is 4.13. The number of β-lactam (4-membered cyclic amide) rings is 1. The van der Waals surface area contributed by atoms with E-state index in [0.29, 0.717) is 6.42 Å². The van der Waals surface area contributed by atoms with E-state index in [9.17, 15) is 4.79 Å². The zero-order valence-electron chi connectivity index (χ0n) is 12.6. The van der Waals surface area contributed by atoms with Crippen molar-refractivity contribution in [2.75, 3.05) is 12.0 Å². The predicted molar refractivity (Wildman–Crippen MR) is 88.0 cm³/mol. The van der Waals surface area contributed by atoms with E-state index in [4.69, 9.17) is 4.74 Å². The zero-order chi connectivity index (χ0) is 15.5. The molecule has 0 unspecified atom stereocenters. The van der Waals surface area contributed by atoms with E-state index < -0.39 is 0 Å². The first-order chi connectivity index (χ1) is 10.8. The summed E-state index contributed by atoms with van der Waals surface area (Å²) in [4.78, 5) is 14.4. The highest BCUT2D eigenvalue weighted by Gasteiger charge is 2.47. The summed E-state index contributed by atoms with van der Waals surface area (Å²) in [7, 11) is 1.64. The van der Waals surface area contributed by atoms with Crippen LogP contribution in [0.4, 0.5) is 5.69 Å². The van der Waals surface area contributed by atoms with Crippen LogP contribution in [0.5, 0.6) is 5.75 Å². The van der Waals surface area contributed by atoms with Crippen LogP contribution in [-0.4, -0.2) is 13.0 Å². The normalized spacial score (nSPS) is 20.4. The van der Waals surface area contributed by atoms with Gasteiger partial charge in [-0.3, -0.25) is 4.79 Å². The molecule has 2 atom stereocenters. The molecular formula is C19H19NO2. The molecule has 2 aromatic carbocycles. The van der Waals surface area contributed by atoms with Gasteiger partial charge in [-0.05, 0) is 36.2 Å². The highest BCUT2D eigenvalue weighted by molar-refractivity contribution is 6.03. The van der Waals surface area contributed by atoms with E-state index in [1.807, 2.05) is 53.4 Å². The Kier molecular flexibility index (Phi) is 3.96. The van der Waals surface area contributed by atoms with Gasteiger partial charge in [0.05, 0.1) is 19.1 Å². The summed E-state index contributed by atoms with van der Waals surface area (Å²) in [5, 5.41) is 0. The molecule has 0 N–H and O–H groups in total. The Bertz CT molecular complexity index is 664. The van der Waals surface area contributed by atoms with E-state index in [1.165, 1.54) is 0 Å². The number of rotatable bonds is 5. The van der Waals surface area contributed by atoms with Crippen LogP contribution in [0.25, 0.3) is 0 Å². The summed E-state index contributed by atoms with van der Waals surface area (Å²) in [5.74, 6) is 0.913. The van der Waals surface area contributed by atoms with Gasteiger partial charge in [0, 0.05) is 5.69 Å². The molecule has 1 aliphatic heterocycles. The first-order valence-corrected chi connectivity index (χ1v) is 7.39. The summed E-state index contributed by atoms with van der Waals surface area (Å²) in [5.41, 5.74) is 2.06. The summed E-state index contributed by atoms with van der Waals surface area (Å²) < 4.78 is 5.18. The summed E-state index contributed by atoms with van der Waals surface area (Å²) >= 11 is 0. The molecule has 3 heteroatoms. The van der Waals surface area contributed by atoms with E-state index in [1.54, 1.807) is 7.11 Å². The monoisotopic (exact) mass is 293 g/mol. The van der Waals surface area contributed by atoms with Crippen LogP contribution in [0.1, 0.15) is 18.0 Å². The number of carbonyl (C=O) groups excluding carboxylic acids is 1. The predicted octanol–water partition coefficient (Wildman–Crippen LogP) is 3.98. The number of amides is 1. The molecule has 1 fully saturated rings. The Morgan fingerprint density at radius 3 is 2.41 bits per heavy atom. The van der Waals surface area contributed by atoms with Gasteiger partial charge in [0.1, 0.15) is 5.75 Å². The fraction of sp³-hybridized carbons (Fsp3) is 0.211. The van der Waals surface area contributed by atoms with Crippen LogP contribution in [-0.2, 0) is 4.79 Å². The topological polar surface area (TPSA) is 29.5 Å². The van der Waals surface area contributed by atoms with Crippen LogP contribution in [0.15, 0.2) is 67.3 Å². The van der Waals surface area contributed by atoms with Crippen molar-refractivity contribution in [2.24, 2.45) is 5.92 Å². The molecule has 112 valence electrons. The van der Waals surface area contributed by atoms with Gasteiger partial charge in [0.15, 0.2) is 0 Å². The van der Waals surface area contributed by atoms with Crippen molar-refractivity contribution in [3.63, 3.8) is 0 Å². The summed E-state index contributed by atoms with van der Waals surface area (Å²) in [6.07, 6.45) is 2.52. The van der Waals surface area contributed by atoms with E-state index in [-0.39, 0.29) is 17.9 Å². The van der Waals surface area contributed by atoms with Gasteiger partial charge in [0.2, 0.25) is 5.91 Å². The molecule has 0 spiro atoms. The van der Waals surface area contributed by atoms with E-state index >= 15 is 0 Å². The van der Waals surface area contributed by atoms with Gasteiger partial charge in [-0.1, -0.05) is 36.4 Å². The Morgan fingerprint density at radius 1 is 1.14 bits per heavy atom. The van der Waals surface area contributed by atoms with Gasteiger partial charge >= 0.3 is 0 Å². The number of methoxy groups -OCH3 is 1. The first kappa shape index (κ1) is 14.4. The average molecular weight is 293 g/mol. The van der Waals surface area contributed by atoms with Crippen LogP contribution in [0, 0.1) is 5.92 Å². The molecule has 0 saturated carbocycles. The Labute approximate surface area is 130 Å². The van der Waals surface area contributed by atoms with Crippen LogP contribution < -0.4 is 9.64 Å². The van der Waals surface area contributed by atoms with Crippen molar-refractivity contribution in [2.45, 2.75) is 12.5 Å². The average Bonchev–Trinajstić information content (AvgIpc) is 2.58. The Morgan fingerprint density at radius 2 is 1.82 bits per heavy atom. The van der Waals surface area contributed by atoms with Crippen LogP contribution in [0.2, 0.25) is 0 Å². The molecule has 1 amide bonds. The van der Waals surface area contributed by atoms with Crippen molar-refractivity contribution in [3.05, 3.63) is 72.8 Å². The summed E-state index contributed by atoms with van der Waals surface area (Å²) in [6, 6.07) is 17.8. The van der Waals surface area contributed by atoms with Gasteiger partial charge in [-0.15, -0.1) is 6.58 Å². The number of benzene rings is 2. The zero-order valence-corrected chi connectivity index (χ0v) is 12.6. The fourth-order valence-electron chi connectivity index (χ4n) is 3.02. The third-order valence-corrected chi connectivity index (χ3v) is 4.13. The van der Waals surface area contributed by atoms with Crippen molar-refractivity contribution in [1.82, 2.24) is 0 Å². The van der Waals surface area contributed by atoms with Gasteiger partial charge in [0.25, 0.3) is 0 Å². The largest absolute Gasteiger partial charge is 0.497 e. The fourth-order valence-corrected chi connectivity index (χ4v) is 3.02. The van der Waals surface area contributed by atoms with Gasteiger partial charge < -0.3 is 9.64 Å². The molecule has 1 aliphatic rings. The molecule has 1 heterocycles. The van der Waals surface area contributed by atoms with Crippen LogP contribution in [0.3, 0.4) is 0 Å². The lowest BCUT2D eigenvalue weighted by Crippen LogP contribution is -2.55. The maximum absolute atomic E-state index is 12.5. The highest BCUT2D eigenvalue weighted by Crippen LogP contribution is 2.45. The molecule has 0 bridgehead atoms. The highest BCUT2D eigenvalue weighted by atomic mass is 16.5. The molecule has 0 radical (unpaired) electrons. The smallest absolute Gasteiger partial charge is 0.233 e. The Hall–Kier alpha value is -2.55. The maximum atomic E-state index is 12.5. The molecular weight excluding hydrogens is 274 g/mol. The Balaban J connectivity index is 1.94. The standard InChI is InChI=1S/C19H19NO2/c1-3-7-17-18(14-8-5-4-6-9-14)20(19(17)21)15-10-12-16(22-2)13-11-15/h3-6,8-13,17-18H,1,7H2,2H3/t17-,18+/m0/s1. The number of anilines is 1. The van der Waals surface area contributed by atoms with Gasteiger partial charge in [-0.25, -0.2) is 0 Å². The van der Waals surface area contributed by atoms with E-state index in [2.05, 4.69) is 18.7 Å². The number of hydrogen-bond donors (Lipinski definition) is 0. The number of ether oxygens (including phenoxy) is 1. The number of nitrogens with zero attached hydrogens (tertiary/aromatic N) is 1. The minimum Gasteiger partial charge on any atom is -0.497 e. The molecule has 22 heavy (non-hydrogen) atoms. The third kappa shape index (κ3) is 2.39. The van der Waals surface area contributed by atoms with E-state index in [0.717, 1.165) is 17.0 Å². The number of hydrogen-bond acceptors (Lipinski definition) is 2. The molecule has 2 aromatic rings. The molecule has 1 saturated heterocycles. The molecule has 3 rings (SSSR count). The quantitative estimate of drug-likeness (QED) is 0.616. The number of allylic oxidation sites excluding steroid dienone is 1. The lowest BCUT2D eigenvalue weighted by atomic mass is 9.80. The first-order valence-electron chi connectivity index (χ1n) is 7.39. The molecule has 0 aliphatic carbocycles. The number of carbonyl (C=O) groups is 1. The van der Waals surface area contributed by atoms with Crippen molar-refractivity contribution in [1.29, 1.82) is 0 Å². The second-order valence-electron chi connectivity index (χ2n) is 5.39. The van der Waals surface area contributed by atoms with Crippen molar-refractivity contribution < 1.29 is 9.53 Å². The maximum Gasteiger partial charge on any atom is 0.233 e. The van der Waals surface area contributed by atoms with Crippen LogP contribution >= 0.6 is 0 Å². The summed E-state index contributed by atoms with van der Waals surface area (Å²) in [6.45, 7) is 3.78. The minimum atomic E-state index is -0.0259. The minimum absolute atomic E-state index is 0.0259. The lowest BCUT2D eigenvalue weighted by molar-refractivity contribution is -0.130. The lowest BCUT2D eigenvalue weighted by Gasteiger charge is -2.47. The SMILES string of the molecule is C=CC[C@@H]1C(=O)N(c2ccc(OC)cc2)[C@@H]1c1ccccc1. The van der Waals surface area contributed by atoms with Crippen molar-refractivity contribution >= 4 is 11.6 Å². The second kappa shape index (κ2) is 6.06. The molecule has 3 nitrogen and oxygen atoms in total.